The minimum atomic E-state index is -0.599. The Kier molecular flexibility index (Phi) is 33.5. The van der Waals surface area contributed by atoms with Gasteiger partial charge in [-0.1, -0.05) is 30.3 Å². The van der Waals surface area contributed by atoms with Gasteiger partial charge in [0, 0.05) is 98.7 Å². The number of hydrogen-bond donors (Lipinski definition) is 5. The smallest absolute Gasteiger partial charge is 0.165 e. The molecule has 15 aromatic rings. The summed E-state index contributed by atoms with van der Waals surface area (Å²) in [5.74, 6) is -4.66. The topological polar surface area (TPSA) is 328 Å². The zero-order chi connectivity index (χ0) is 104. The Morgan fingerprint density at radius 1 is 0.279 bits per heavy atom. The number of methoxy groups -OCH3 is 5. The molecule has 2 atom stereocenters. The molecule has 6 N–H and O–H groups in total. The van der Waals surface area contributed by atoms with Crippen molar-refractivity contribution < 1.29 is 67.6 Å². The first-order chi connectivity index (χ1) is 71.3. The van der Waals surface area contributed by atoms with Gasteiger partial charge in [-0.15, -0.1) is 0 Å². The molecule has 0 bridgehead atoms. The summed E-state index contributed by atoms with van der Waals surface area (Å²) in [7, 11) is 7.06. The second kappa shape index (κ2) is 47.6. The lowest BCUT2D eigenvalue weighted by molar-refractivity contribution is 0.305. The first-order valence-electron chi connectivity index (χ1n) is 48.1. The lowest BCUT2D eigenvalue weighted by Crippen LogP contribution is -2.30. The highest BCUT2D eigenvalue weighted by Gasteiger charge is 2.32. The van der Waals surface area contributed by atoms with E-state index in [-0.39, 0.29) is 92.8 Å². The van der Waals surface area contributed by atoms with Crippen molar-refractivity contribution in [1.82, 2.24) is 70.2 Å². The van der Waals surface area contributed by atoms with Gasteiger partial charge in [-0.2, -0.15) is 51.8 Å². The number of nitriles is 5. The molecule has 1 aliphatic carbocycles. The van der Waals surface area contributed by atoms with E-state index in [1.54, 1.807) is 91.0 Å². The van der Waals surface area contributed by atoms with Gasteiger partial charge in [0.1, 0.15) is 87.9 Å². The number of hydrogen-bond acceptors (Lipinski definition) is 20. The molecule has 0 radical (unpaired) electrons. The van der Waals surface area contributed by atoms with Crippen molar-refractivity contribution in [2.45, 2.75) is 120 Å². The van der Waals surface area contributed by atoms with E-state index in [2.05, 4.69) is 26.4 Å². The Balaban J connectivity index is 0.000000131. The largest absolute Gasteiger partial charge is 0.494 e. The molecule has 4 saturated heterocycles. The van der Waals surface area contributed by atoms with Crippen molar-refractivity contribution in [1.29, 1.82) is 26.3 Å². The number of rotatable bonds is 20. The first kappa shape index (κ1) is 104. The van der Waals surface area contributed by atoms with Crippen molar-refractivity contribution >= 4 is 0 Å². The van der Waals surface area contributed by atoms with Crippen LogP contribution >= 0.6 is 0 Å². The summed E-state index contributed by atoms with van der Waals surface area (Å²) < 4.78 is 178. The van der Waals surface area contributed by atoms with Crippen LogP contribution in [-0.4, -0.2) is 143 Å². The maximum absolute atomic E-state index is 14.4. The standard InChI is InChI=1S/3C23H22F2N4O.C22H20F2N4O.C21H18F2N4O/c1-14-22(15-3-4-17(13-26)19(24)11-15)23(16-5-6-21(30-2)20(25)12-16)28-29(14)18-7-9-27-10-8-18;1-30-22-9-4-15(11-21(22)25)23-19(14-2-3-16(12-26)20(24)10-14)13-29(28-23)18-7-5-17(27)6-8-18;1-30-22-7-6-16(12-21(22)25)23-19(15-4-5-17(13-26)20(24)11-15)14-29(28-23)18-3-2-9-27-10-8-18;1-29-21-5-4-15(11-20(21)24)22-18(14-2-3-16(12-25)19(23)10-14)13-28(27-22)17-6-8-26-9-7-17;1-28-20-5-4-14(9-19(20)23)21-17(12-27(26-21)16-6-7-25-11-16)13-2-3-15(10-24)18(22)8-13/h3-6,11-12,18,27H,7-10H2,1-2H3;2-4,9-11,13,17-18H,5-8,27H2,1H3;4-7,11-12,14,18,27H,2-3,8-10H2,1H3;2-5,10-11,13,17,26H,6-9H2,1H3;2-5,8-9,12,16,25H,6-7,11H2,1H3. The van der Waals surface area contributed by atoms with Gasteiger partial charge in [-0.05, 0) is 309 Å². The van der Waals surface area contributed by atoms with E-state index >= 15 is 0 Å². The first-order valence-corrected chi connectivity index (χ1v) is 48.1. The second-order valence-corrected chi connectivity index (χ2v) is 36.0. The third kappa shape index (κ3) is 23.6. The number of nitrogens with two attached hydrogens (primary N) is 1. The Labute approximate surface area is 842 Å². The summed E-state index contributed by atoms with van der Waals surface area (Å²) in [6.45, 7) is 9.12. The highest BCUT2D eigenvalue weighted by molar-refractivity contribution is 5.87. The van der Waals surface area contributed by atoms with Crippen LogP contribution in [0, 0.1) is 122 Å². The molecule has 1 saturated carbocycles. The van der Waals surface area contributed by atoms with Crippen LogP contribution in [0.25, 0.3) is 112 Å². The third-order valence-electron chi connectivity index (χ3n) is 27.0. The van der Waals surface area contributed by atoms with E-state index in [0.29, 0.717) is 106 Å². The van der Waals surface area contributed by atoms with E-state index in [9.17, 15) is 43.9 Å². The zero-order valence-corrected chi connectivity index (χ0v) is 81.3. The van der Waals surface area contributed by atoms with Crippen LogP contribution in [0.2, 0.25) is 0 Å². The molecule has 9 heterocycles. The average Bonchev–Trinajstić information content (AvgIpc) is 1.63. The van der Waals surface area contributed by atoms with E-state index in [0.717, 1.165) is 141 Å². The number of halogens is 10. The summed E-state index contributed by atoms with van der Waals surface area (Å²) >= 11 is 0. The molecule has 0 spiro atoms. The Morgan fingerprint density at radius 3 is 0.823 bits per heavy atom. The van der Waals surface area contributed by atoms with Gasteiger partial charge in [0.2, 0.25) is 0 Å². The number of nitrogens with one attached hydrogen (secondary N) is 4. The predicted molar refractivity (Wildman–Crippen MR) is 536 cm³/mol. The van der Waals surface area contributed by atoms with Crippen LogP contribution in [0.3, 0.4) is 0 Å². The molecule has 4 aliphatic heterocycles. The van der Waals surface area contributed by atoms with Crippen LogP contribution in [0.15, 0.2) is 207 Å². The fraction of sp³-hybridized carbons (Fsp3) is 0.286. The predicted octanol–water partition coefficient (Wildman–Crippen LogP) is 22.3. The molecule has 752 valence electrons. The van der Waals surface area contributed by atoms with Crippen LogP contribution < -0.4 is 50.7 Å². The lowest BCUT2D eigenvalue weighted by Gasteiger charge is -2.26. The Morgan fingerprint density at radius 2 is 0.531 bits per heavy atom. The average molecular weight is 2000 g/mol. The summed E-state index contributed by atoms with van der Waals surface area (Å²) in [4.78, 5) is 0. The van der Waals surface area contributed by atoms with E-state index in [1.807, 2.05) is 85.5 Å². The maximum Gasteiger partial charge on any atom is 0.165 e. The monoisotopic (exact) mass is 2000 g/mol. The van der Waals surface area contributed by atoms with Crippen molar-refractivity contribution in [2.75, 3.05) is 87.9 Å². The molecule has 5 fully saturated rings. The van der Waals surface area contributed by atoms with Crippen molar-refractivity contribution in [3.8, 4) is 171 Å². The molecule has 2 unspecified atom stereocenters. The molecular formula is C112H104F10N20O5. The summed E-state index contributed by atoms with van der Waals surface area (Å²) in [5.41, 5.74) is 19.0. The fourth-order valence-electron chi connectivity index (χ4n) is 19.0. The minimum absolute atomic E-state index is 0.0146. The van der Waals surface area contributed by atoms with Gasteiger partial charge in [0.15, 0.2) is 57.8 Å². The molecule has 10 aromatic carbocycles. The zero-order valence-electron chi connectivity index (χ0n) is 81.3. The van der Waals surface area contributed by atoms with Crippen molar-refractivity contribution in [3.63, 3.8) is 0 Å². The van der Waals surface area contributed by atoms with Gasteiger partial charge in [0.25, 0.3) is 0 Å². The quantitative estimate of drug-likeness (QED) is 0.0443. The van der Waals surface area contributed by atoms with Crippen molar-refractivity contribution in [2.24, 2.45) is 5.73 Å². The number of nitrogens with zero attached hydrogens (tertiary/aromatic N) is 15. The fourth-order valence-corrected chi connectivity index (χ4v) is 19.0. The molecule has 5 aliphatic rings. The number of ether oxygens (including phenoxy) is 5. The second-order valence-electron chi connectivity index (χ2n) is 36.0. The normalized spacial score (nSPS) is 16.1. The summed E-state index contributed by atoms with van der Waals surface area (Å²) in [6.07, 6.45) is 18.7. The summed E-state index contributed by atoms with van der Waals surface area (Å²) in [6, 6.07) is 56.0. The van der Waals surface area contributed by atoms with Crippen LogP contribution in [0.4, 0.5) is 43.9 Å². The number of piperidine rings is 2. The van der Waals surface area contributed by atoms with Gasteiger partial charge in [-0.3, -0.25) is 23.4 Å². The lowest BCUT2D eigenvalue weighted by atomic mass is 9.92. The molecular weight excluding hydrogens is 1900 g/mol. The van der Waals surface area contributed by atoms with Crippen molar-refractivity contribution in [3.05, 3.63) is 298 Å². The Hall–Kier alpha value is -16.2. The van der Waals surface area contributed by atoms with Gasteiger partial charge in [0.05, 0.1) is 93.6 Å². The summed E-state index contributed by atoms with van der Waals surface area (Å²) in [5, 5.41) is 82.2. The molecule has 25 nitrogen and oxygen atoms in total. The molecule has 35 heteroatoms. The number of aromatic nitrogens is 10. The van der Waals surface area contributed by atoms with Gasteiger partial charge >= 0.3 is 0 Å². The van der Waals surface area contributed by atoms with Crippen LogP contribution in [-0.2, 0) is 0 Å². The van der Waals surface area contributed by atoms with Crippen LogP contribution in [0.5, 0.6) is 28.7 Å². The van der Waals surface area contributed by atoms with Gasteiger partial charge < -0.3 is 50.7 Å². The van der Waals surface area contributed by atoms with E-state index < -0.39 is 58.2 Å². The molecule has 5 aromatic heterocycles. The van der Waals surface area contributed by atoms with Crippen LogP contribution in [0.1, 0.15) is 141 Å². The van der Waals surface area contributed by atoms with E-state index in [1.165, 1.54) is 127 Å². The maximum atomic E-state index is 14.4. The third-order valence-corrected chi connectivity index (χ3v) is 27.0. The van der Waals surface area contributed by atoms with Gasteiger partial charge in [-0.25, -0.2) is 43.9 Å². The molecule has 0 amide bonds. The highest BCUT2D eigenvalue weighted by Crippen LogP contribution is 2.45. The molecule has 20 rings (SSSR count). The Bertz CT molecular complexity index is 7510. The minimum Gasteiger partial charge on any atom is -0.494 e. The number of benzene rings is 10. The van der Waals surface area contributed by atoms with E-state index in [4.69, 9.17) is 76.1 Å². The molecule has 147 heavy (non-hydrogen) atoms. The SMILES string of the molecule is COc1ccc(-c2nn(C3CCC(N)CC3)cc2-c2ccc(C#N)c(F)c2)cc1F.COc1ccc(-c2nn(C3CCCNCC3)cc2-c2ccc(C#N)c(F)c2)cc1F.COc1ccc(-c2nn(C3CCNC3)cc2-c2ccc(C#N)c(F)c2)cc1F.COc1ccc(-c2nn(C3CCNCC3)c(C)c2-c2ccc(C#N)c(F)c2)cc1F.COc1ccc(-c2nn(C3CCNCC3)cc2-c2ccc(C#N)c(F)c2)cc1F. The highest BCUT2D eigenvalue weighted by atomic mass is 19.2.